The van der Waals surface area contributed by atoms with E-state index in [1.807, 2.05) is 0 Å². The molecule has 34 heavy (non-hydrogen) atoms. The van der Waals surface area contributed by atoms with Gasteiger partial charge in [-0.1, -0.05) is 12.1 Å². The lowest BCUT2D eigenvalue weighted by Gasteiger charge is -2.30. The minimum Gasteiger partial charge on any atom is -0.482 e. The molecule has 3 aromatic carbocycles. The molecule has 1 N–H and O–H groups in total. The van der Waals surface area contributed by atoms with Crippen molar-refractivity contribution in [2.75, 3.05) is 23.9 Å². The molecule has 1 aliphatic rings. The van der Waals surface area contributed by atoms with Crippen LogP contribution in [-0.4, -0.2) is 36.4 Å². The largest absolute Gasteiger partial charge is 0.482 e. The molecule has 10 nitrogen and oxygen atoms in total. The zero-order valence-corrected chi connectivity index (χ0v) is 18.0. The monoisotopic (exact) mass is 461 g/mol. The molecule has 1 aliphatic heterocycles. The quantitative estimate of drug-likeness (QED) is 0.338. The van der Waals surface area contributed by atoms with Crippen LogP contribution in [0.3, 0.4) is 0 Å². The molecular formula is C24H19N3O7. The molecule has 0 radical (unpaired) electrons. The number of nitrogens with one attached hydrogen (secondary N) is 1. The van der Waals surface area contributed by atoms with E-state index in [1.54, 1.807) is 42.5 Å². The Morgan fingerprint density at radius 2 is 1.85 bits per heavy atom. The van der Waals surface area contributed by atoms with Gasteiger partial charge in [0.25, 0.3) is 17.5 Å². The van der Waals surface area contributed by atoms with Crippen LogP contribution in [-0.2, 0) is 16.1 Å². The lowest BCUT2D eigenvalue weighted by molar-refractivity contribution is -0.384. The summed E-state index contributed by atoms with van der Waals surface area (Å²) in [5, 5.41) is 13.5. The zero-order chi connectivity index (χ0) is 24.2. The number of ether oxygens (including phenoxy) is 2. The van der Waals surface area contributed by atoms with Crippen molar-refractivity contribution in [2.24, 2.45) is 0 Å². The molecule has 4 rings (SSSR count). The summed E-state index contributed by atoms with van der Waals surface area (Å²) in [5.41, 5.74) is 2.07. The van der Waals surface area contributed by atoms with Crippen molar-refractivity contribution >= 4 is 34.8 Å². The van der Waals surface area contributed by atoms with E-state index in [4.69, 9.17) is 9.47 Å². The average Bonchev–Trinajstić information content (AvgIpc) is 2.85. The number of esters is 1. The number of nitrogens with zero attached hydrogens (tertiary/aromatic N) is 2. The number of carbonyl (C=O) groups excluding carboxylic acids is 3. The fourth-order valence-electron chi connectivity index (χ4n) is 3.49. The number of methoxy groups -OCH3 is 1. The Bertz CT molecular complexity index is 1290. The Labute approximate surface area is 193 Å². The van der Waals surface area contributed by atoms with Crippen molar-refractivity contribution in [1.82, 2.24) is 0 Å². The van der Waals surface area contributed by atoms with Gasteiger partial charge in [-0.15, -0.1) is 0 Å². The normalized spacial score (nSPS) is 12.4. The number of hydrogen-bond acceptors (Lipinski definition) is 7. The molecule has 1 heterocycles. The summed E-state index contributed by atoms with van der Waals surface area (Å²) in [5.74, 6) is -0.756. The minimum atomic E-state index is -0.544. The molecule has 0 saturated heterocycles. The second kappa shape index (κ2) is 9.41. The number of non-ortho nitro benzene ring substituents is 1. The number of carbonyl (C=O) groups is 3. The average molecular weight is 461 g/mol. The number of nitro benzene ring substituents is 1. The van der Waals surface area contributed by atoms with Gasteiger partial charge < -0.3 is 19.7 Å². The van der Waals surface area contributed by atoms with E-state index >= 15 is 0 Å². The second-order valence-corrected chi connectivity index (χ2v) is 7.40. The highest BCUT2D eigenvalue weighted by molar-refractivity contribution is 6.05. The Balaban J connectivity index is 1.57. The van der Waals surface area contributed by atoms with Crippen LogP contribution in [0.2, 0.25) is 0 Å². The van der Waals surface area contributed by atoms with E-state index in [-0.39, 0.29) is 30.3 Å². The predicted molar refractivity (Wildman–Crippen MR) is 122 cm³/mol. The number of anilines is 2. The molecule has 10 heteroatoms. The molecule has 0 aromatic heterocycles. The first-order chi connectivity index (χ1) is 16.4. The van der Waals surface area contributed by atoms with Gasteiger partial charge in [-0.2, -0.15) is 0 Å². The van der Waals surface area contributed by atoms with E-state index in [0.29, 0.717) is 28.3 Å². The summed E-state index contributed by atoms with van der Waals surface area (Å²) in [6.45, 7) is 0.0397. The van der Waals surface area contributed by atoms with Crippen molar-refractivity contribution in [3.63, 3.8) is 0 Å². The van der Waals surface area contributed by atoms with Crippen molar-refractivity contribution in [3.05, 3.63) is 93.5 Å². The minimum absolute atomic E-state index is 0.118. The number of fused-ring (bicyclic) bond motifs is 1. The van der Waals surface area contributed by atoms with Gasteiger partial charge in [-0.05, 0) is 48.0 Å². The van der Waals surface area contributed by atoms with Crippen LogP contribution in [0.25, 0.3) is 0 Å². The van der Waals surface area contributed by atoms with Crippen LogP contribution in [0.5, 0.6) is 5.75 Å². The zero-order valence-electron chi connectivity index (χ0n) is 18.0. The van der Waals surface area contributed by atoms with E-state index in [9.17, 15) is 24.5 Å². The summed E-state index contributed by atoms with van der Waals surface area (Å²) >= 11 is 0. The van der Waals surface area contributed by atoms with Crippen LogP contribution >= 0.6 is 0 Å². The molecular weight excluding hydrogens is 442 g/mol. The van der Waals surface area contributed by atoms with Crippen LogP contribution in [0.4, 0.5) is 17.1 Å². The maximum atomic E-state index is 12.6. The number of nitro groups is 1. The highest BCUT2D eigenvalue weighted by atomic mass is 16.6. The maximum absolute atomic E-state index is 12.6. The van der Waals surface area contributed by atoms with E-state index in [0.717, 1.165) is 0 Å². The molecule has 172 valence electrons. The Morgan fingerprint density at radius 1 is 1.09 bits per heavy atom. The lowest BCUT2D eigenvalue weighted by Crippen LogP contribution is -2.38. The number of benzene rings is 3. The standard InChI is InChI=1S/C24H19N3O7/c1-33-24(30)17-4-2-3-15(11-17)13-26-20-12-18(7-10-21(20)34-14-22(26)28)25-23(29)16-5-8-19(9-6-16)27(31)32/h2-12H,13-14H2,1H3,(H,25,29). The van der Waals surface area contributed by atoms with Crippen LogP contribution < -0.4 is 15.0 Å². The number of hydrogen-bond donors (Lipinski definition) is 1. The van der Waals surface area contributed by atoms with Gasteiger partial charge in [0, 0.05) is 23.4 Å². The molecule has 0 aliphatic carbocycles. The van der Waals surface area contributed by atoms with Crippen LogP contribution in [0.15, 0.2) is 66.7 Å². The molecule has 2 amide bonds. The van der Waals surface area contributed by atoms with Gasteiger partial charge in [0.2, 0.25) is 0 Å². The molecule has 0 atom stereocenters. The molecule has 3 aromatic rings. The molecule has 0 bridgehead atoms. The predicted octanol–water partition coefficient (Wildman–Crippen LogP) is 3.56. The van der Waals surface area contributed by atoms with Gasteiger partial charge >= 0.3 is 5.97 Å². The topological polar surface area (TPSA) is 128 Å². The fourth-order valence-corrected chi connectivity index (χ4v) is 3.49. The highest BCUT2D eigenvalue weighted by Crippen LogP contribution is 2.35. The van der Waals surface area contributed by atoms with Gasteiger partial charge in [0.1, 0.15) is 5.75 Å². The lowest BCUT2D eigenvalue weighted by atomic mass is 10.1. The van der Waals surface area contributed by atoms with Crippen LogP contribution in [0, 0.1) is 10.1 Å². The highest BCUT2D eigenvalue weighted by Gasteiger charge is 2.26. The van der Waals surface area contributed by atoms with E-state index < -0.39 is 16.8 Å². The summed E-state index contributed by atoms with van der Waals surface area (Å²) in [7, 11) is 1.29. The first-order valence-electron chi connectivity index (χ1n) is 10.2. The second-order valence-electron chi connectivity index (χ2n) is 7.40. The van der Waals surface area contributed by atoms with Crippen molar-refractivity contribution < 1.29 is 28.8 Å². The number of rotatable bonds is 6. The Morgan fingerprint density at radius 3 is 2.56 bits per heavy atom. The van der Waals surface area contributed by atoms with Gasteiger partial charge in [0.15, 0.2) is 6.61 Å². The van der Waals surface area contributed by atoms with E-state index in [2.05, 4.69) is 5.32 Å². The Hall–Kier alpha value is -4.73. The summed E-state index contributed by atoms with van der Waals surface area (Å²) in [6.07, 6.45) is 0. The van der Waals surface area contributed by atoms with Gasteiger partial charge in [0.05, 0.1) is 29.8 Å². The first-order valence-corrected chi connectivity index (χ1v) is 10.2. The smallest absolute Gasteiger partial charge is 0.337 e. The van der Waals surface area contributed by atoms with Crippen LogP contribution in [0.1, 0.15) is 26.3 Å². The number of amides is 2. The van der Waals surface area contributed by atoms with Crippen molar-refractivity contribution in [3.8, 4) is 5.75 Å². The SMILES string of the molecule is COC(=O)c1cccc(CN2C(=O)COc3ccc(NC(=O)c4ccc([N+](=O)[O-])cc4)cc32)c1. The molecule has 0 saturated carbocycles. The van der Waals surface area contributed by atoms with Crippen molar-refractivity contribution in [2.45, 2.75) is 6.54 Å². The third-order valence-corrected chi connectivity index (χ3v) is 5.19. The van der Waals surface area contributed by atoms with Gasteiger partial charge in [-0.25, -0.2) is 4.79 Å². The molecule has 0 spiro atoms. The maximum Gasteiger partial charge on any atom is 0.337 e. The van der Waals surface area contributed by atoms with E-state index in [1.165, 1.54) is 36.3 Å². The third-order valence-electron chi connectivity index (χ3n) is 5.19. The van der Waals surface area contributed by atoms with Crippen molar-refractivity contribution in [1.29, 1.82) is 0 Å². The summed E-state index contributed by atoms with van der Waals surface area (Å²) in [4.78, 5) is 48.8. The Kier molecular flexibility index (Phi) is 6.22. The molecule has 0 unspecified atom stereocenters. The first kappa shape index (κ1) is 22.5. The fraction of sp³-hybridized carbons (Fsp3) is 0.125. The van der Waals surface area contributed by atoms with Gasteiger partial charge in [-0.3, -0.25) is 19.7 Å². The molecule has 0 fully saturated rings. The third kappa shape index (κ3) is 4.70. The summed E-state index contributed by atoms with van der Waals surface area (Å²) in [6, 6.07) is 16.9. The summed E-state index contributed by atoms with van der Waals surface area (Å²) < 4.78 is 10.3.